The Hall–Kier alpha value is -5.21. The molecule has 24 nitrogen and oxygen atoms in total. The van der Waals surface area contributed by atoms with E-state index in [4.69, 9.17) is 17.3 Å². The summed E-state index contributed by atoms with van der Waals surface area (Å²) < 4.78 is 168. The topological polar surface area (TPSA) is 405 Å². The fourth-order valence-electron chi connectivity index (χ4n) is 4.73. The number of halogens is 1. The molecule has 5 rings (SSSR count). The zero-order valence-corrected chi connectivity index (χ0v) is 31.1. The van der Waals surface area contributed by atoms with Crippen LogP contribution in [0.5, 0.6) is 5.75 Å². The average molecular weight is 885 g/mol. The van der Waals surface area contributed by atoms with Crippen molar-refractivity contribution in [3.05, 3.63) is 59.9 Å². The van der Waals surface area contributed by atoms with Gasteiger partial charge < -0.3 is 21.5 Å². The predicted molar refractivity (Wildman–Crippen MR) is 191 cm³/mol. The van der Waals surface area contributed by atoms with E-state index in [1.54, 1.807) is 0 Å². The number of hydrogen-bond acceptors (Lipinski definition) is 19. The Morgan fingerprint density at radius 2 is 1.15 bits per heavy atom. The van der Waals surface area contributed by atoms with Crippen molar-refractivity contribution in [1.29, 1.82) is 0 Å². The van der Waals surface area contributed by atoms with E-state index < -0.39 is 126 Å². The lowest BCUT2D eigenvalue weighted by atomic mass is 10.1. The van der Waals surface area contributed by atoms with Gasteiger partial charge in [0.1, 0.15) is 20.4 Å². The lowest BCUT2D eigenvalue weighted by molar-refractivity contribution is 0.471. The monoisotopic (exact) mass is 884 g/mol. The van der Waals surface area contributed by atoms with Crippen LogP contribution in [0.3, 0.4) is 0 Å². The summed E-state index contributed by atoms with van der Waals surface area (Å²) in [7, 11) is -25.1. The maximum absolute atomic E-state index is 12.4. The fraction of sp³-hybridized carbons (Fsp3) is 0. The zero-order chi connectivity index (χ0) is 41.1. The van der Waals surface area contributed by atoms with Gasteiger partial charge in [-0.25, -0.2) is 0 Å². The summed E-state index contributed by atoms with van der Waals surface area (Å²) >= 11 is 5.96. The van der Waals surface area contributed by atoms with Gasteiger partial charge in [0, 0.05) is 11.8 Å². The third kappa shape index (κ3) is 9.19. The normalized spacial score (nSPS) is 12.7. The lowest BCUT2D eigenvalue weighted by Crippen LogP contribution is -2.16. The van der Waals surface area contributed by atoms with Gasteiger partial charge in [0.25, 0.3) is 50.6 Å². The van der Waals surface area contributed by atoms with Gasteiger partial charge in [0.15, 0.2) is 0 Å². The minimum Gasteiger partial charge on any atom is -0.507 e. The third-order valence-electron chi connectivity index (χ3n) is 6.99. The van der Waals surface area contributed by atoms with Crippen LogP contribution >= 0.6 is 11.6 Å². The van der Waals surface area contributed by atoms with Gasteiger partial charge in [0.2, 0.25) is 17.2 Å². The molecule has 0 bridgehead atoms. The number of phenolic OH excluding ortho intramolecular Hbond substituents is 1. The Balaban J connectivity index is 1.52. The Morgan fingerprint density at radius 3 is 1.71 bits per heavy atom. The van der Waals surface area contributed by atoms with Gasteiger partial charge in [-0.3, -0.25) is 33.6 Å². The van der Waals surface area contributed by atoms with E-state index in [0.717, 1.165) is 24.3 Å². The number of aromatic nitrogens is 3. The van der Waals surface area contributed by atoms with Gasteiger partial charge >= 0.3 is 0 Å². The lowest BCUT2D eigenvalue weighted by Gasteiger charge is -2.19. The molecule has 12 N–H and O–H groups in total. The molecule has 30 heteroatoms. The Labute approximate surface area is 314 Å². The van der Waals surface area contributed by atoms with Crippen LogP contribution in [-0.2, 0) is 50.6 Å². The highest BCUT2D eigenvalue weighted by Gasteiger charge is 2.25. The molecule has 5 aromatic rings. The van der Waals surface area contributed by atoms with E-state index in [2.05, 4.69) is 36.4 Å². The van der Waals surface area contributed by atoms with E-state index in [0.29, 0.717) is 30.3 Å². The van der Waals surface area contributed by atoms with E-state index in [9.17, 15) is 70.0 Å². The summed E-state index contributed by atoms with van der Waals surface area (Å²) in [5, 5.41) is 14.1. The number of phenols is 1. The van der Waals surface area contributed by atoms with Crippen LogP contribution in [0, 0.1) is 0 Å². The Morgan fingerprint density at radius 1 is 0.564 bits per heavy atom. The molecule has 0 atom stereocenters. The molecular weight excluding hydrogens is 864 g/mol. The van der Waals surface area contributed by atoms with Crippen molar-refractivity contribution in [3.8, 4) is 5.75 Å². The maximum Gasteiger partial charge on any atom is 0.296 e. The molecule has 1 aromatic heterocycles. The number of hydrogen-bond donors (Lipinski definition) is 11. The first-order chi connectivity index (χ1) is 25.1. The number of hydrazine groups is 1. The first kappa shape index (κ1) is 41.0. The molecule has 0 fully saturated rings. The number of benzene rings is 4. The molecule has 0 saturated heterocycles. The van der Waals surface area contributed by atoms with Crippen LogP contribution in [0.2, 0.25) is 5.28 Å². The van der Waals surface area contributed by atoms with Crippen molar-refractivity contribution in [1.82, 2.24) is 15.0 Å². The van der Waals surface area contributed by atoms with E-state index >= 15 is 0 Å². The van der Waals surface area contributed by atoms with Crippen LogP contribution in [-0.4, -0.2) is 84.9 Å². The highest BCUT2D eigenvalue weighted by atomic mass is 35.5. The number of anilines is 7. The molecule has 294 valence electrons. The van der Waals surface area contributed by atoms with Crippen LogP contribution in [0.15, 0.2) is 79.1 Å². The van der Waals surface area contributed by atoms with Crippen LogP contribution < -0.4 is 27.2 Å². The van der Waals surface area contributed by atoms with Crippen molar-refractivity contribution in [3.63, 3.8) is 0 Å². The largest absolute Gasteiger partial charge is 0.507 e. The smallest absolute Gasteiger partial charge is 0.296 e. The zero-order valence-electron chi connectivity index (χ0n) is 26.3. The molecule has 0 amide bonds. The second kappa shape index (κ2) is 14.1. The second-order valence-electron chi connectivity index (χ2n) is 10.7. The van der Waals surface area contributed by atoms with E-state index in [-0.39, 0.29) is 11.1 Å². The number of nitrogens with two attached hydrogens (primary N) is 1. The molecule has 0 aliphatic carbocycles. The summed E-state index contributed by atoms with van der Waals surface area (Å²) in [6.45, 7) is 0. The summed E-state index contributed by atoms with van der Waals surface area (Å²) in [6, 6.07) is 6.87. The number of rotatable bonds is 12. The number of nitrogens with one attached hydrogen (secondary N) is 4. The third-order valence-corrected chi connectivity index (χ3v) is 11.5. The number of fused-ring (bicyclic) bond motifs is 1. The summed E-state index contributed by atoms with van der Waals surface area (Å²) in [5.74, 6) is -1.95. The van der Waals surface area contributed by atoms with Crippen molar-refractivity contribution < 1.29 is 70.0 Å². The average Bonchev–Trinajstić information content (AvgIpc) is 3.02. The molecule has 1 heterocycles. The van der Waals surface area contributed by atoms with Crippen LogP contribution in [0.25, 0.3) is 10.8 Å². The van der Waals surface area contributed by atoms with Gasteiger partial charge in [-0.05, 0) is 65.5 Å². The predicted octanol–water partition coefficient (Wildman–Crippen LogP) is 2.13. The summed E-state index contributed by atoms with van der Waals surface area (Å²) in [6.07, 6.45) is 0. The highest BCUT2D eigenvalue weighted by Crippen LogP contribution is 2.42. The number of nitrogens with zero attached hydrogens (tertiary/aromatic N) is 3. The minimum absolute atomic E-state index is 0.202. The van der Waals surface area contributed by atoms with E-state index in [1.807, 2.05) is 0 Å². The molecule has 0 spiro atoms. The molecule has 4 aromatic carbocycles. The second-order valence-corrected chi connectivity index (χ2v) is 18.1. The Kier molecular flexibility index (Phi) is 10.5. The highest BCUT2D eigenvalue weighted by molar-refractivity contribution is 7.87. The first-order valence-corrected chi connectivity index (χ1v) is 21.4. The van der Waals surface area contributed by atoms with Gasteiger partial charge in [-0.2, -0.15) is 57.0 Å². The first-order valence-electron chi connectivity index (χ1n) is 13.9. The van der Waals surface area contributed by atoms with Gasteiger partial charge in [-0.15, -0.1) is 0 Å². The molecule has 0 aliphatic heterocycles. The number of nitrogen functional groups attached to an aromatic ring is 1. The van der Waals surface area contributed by atoms with Crippen LogP contribution in [0.4, 0.5) is 40.3 Å². The summed E-state index contributed by atoms with van der Waals surface area (Å²) in [5.41, 5.74) is 7.95. The maximum atomic E-state index is 12.4. The minimum atomic E-state index is -5.15. The number of aromatic hydroxyl groups is 1. The molecule has 55 heavy (non-hydrogen) atoms. The Bertz CT molecular complexity index is 3010. The molecule has 0 radical (unpaired) electrons. The molecular formula is C25H21ClN8O16S5. The van der Waals surface area contributed by atoms with Crippen LogP contribution in [0.1, 0.15) is 0 Å². The van der Waals surface area contributed by atoms with Crippen molar-refractivity contribution >= 4 is 113 Å². The van der Waals surface area contributed by atoms with Crippen molar-refractivity contribution in [2.75, 3.05) is 27.2 Å². The SMILES string of the molecule is Nc1c(S(=O)(=O)O)cc2cc(S(=O)(=O)O)cc(O)c2c1NNc1ccc(Nc2nc(Cl)nc(Nc3cc(S(=O)(=O)O)ccc3S(=O)(=O)O)n2)cc1S(=O)(=O)O. The standard InChI is InChI=1S/C25H21ClN8O16S5/c26-23-30-24(32-25(31-23)29-15-8-12(51(36,37)38)2-4-17(15)53(42,43)44)28-11-1-3-14(18(7-11)54(45,46)47)33-34-22-20-10(6-19(21(22)27)55(48,49)50)5-13(9-16(20)35)52(39,40)41/h1-9,33-35H,27H2,(H,36,37,38)(H,39,40,41)(H,42,43,44)(H,45,46,47)(H,48,49,50)(H2,28,29,30,31,32). The van der Waals surface area contributed by atoms with Crippen molar-refractivity contribution in [2.45, 2.75) is 24.5 Å². The van der Waals surface area contributed by atoms with E-state index in [1.165, 1.54) is 0 Å². The van der Waals surface area contributed by atoms with Crippen molar-refractivity contribution in [2.24, 2.45) is 0 Å². The molecule has 0 aliphatic rings. The van der Waals surface area contributed by atoms with Gasteiger partial charge in [-0.1, -0.05) is 0 Å². The molecule has 0 unspecified atom stereocenters. The van der Waals surface area contributed by atoms with Gasteiger partial charge in [0.05, 0.1) is 37.9 Å². The summed E-state index contributed by atoms with van der Waals surface area (Å²) in [4.78, 5) is 6.92. The quantitative estimate of drug-likeness (QED) is 0.0485. The molecule has 0 saturated carbocycles. The fourth-order valence-corrected chi connectivity index (χ4v) is 7.89.